The zero-order chi connectivity index (χ0) is 17.4. The van der Waals surface area contributed by atoms with Crippen molar-refractivity contribution in [1.29, 1.82) is 0 Å². The highest BCUT2D eigenvalue weighted by molar-refractivity contribution is 5.90. The molecule has 0 fully saturated rings. The third kappa shape index (κ3) is 5.22. The predicted octanol–water partition coefficient (Wildman–Crippen LogP) is 4.16. The van der Waals surface area contributed by atoms with Crippen molar-refractivity contribution >= 4 is 11.6 Å². The van der Waals surface area contributed by atoms with Crippen LogP contribution in [0.5, 0.6) is 11.5 Å². The monoisotopic (exact) mass is 335 g/mol. The lowest BCUT2D eigenvalue weighted by Gasteiger charge is -2.11. The van der Waals surface area contributed by atoms with E-state index in [1.54, 1.807) is 6.07 Å². The van der Waals surface area contributed by atoms with Gasteiger partial charge in [-0.2, -0.15) is 0 Å². The first-order valence-corrected chi connectivity index (χ1v) is 7.69. The number of halogens is 2. The lowest BCUT2D eigenvalue weighted by Crippen LogP contribution is -2.14. The largest absolute Gasteiger partial charge is 0.490 e. The van der Waals surface area contributed by atoms with Crippen LogP contribution in [-0.2, 0) is 4.79 Å². The summed E-state index contributed by atoms with van der Waals surface area (Å²) in [6.07, 6.45) is 0.614. The molecule has 0 unspecified atom stereocenters. The van der Waals surface area contributed by atoms with Gasteiger partial charge in [0.25, 0.3) is 0 Å². The number of amides is 1. The standard InChI is InChI=1S/C18H19F2NO3/c1-2-23-16-6-3-4-7-17(16)24-11-5-8-18(22)21-15-10-9-13(19)12-14(15)20/h3-4,6-7,9-10,12H,2,5,8,11H2,1H3,(H,21,22). The Kier molecular flexibility index (Phi) is 6.54. The fraction of sp³-hybridized carbons (Fsp3) is 0.278. The second kappa shape index (κ2) is 8.86. The maximum Gasteiger partial charge on any atom is 0.224 e. The molecule has 6 heteroatoms. The van der Waals surface area contributed by atoms with Crippen molar-refractivity contribution < 1.29 is 23.0 Å². The van der Waals surface area contributed by atoms with Crippen molar-refractivity contribution in [1.82, 2.24) is 0 Å². The summed E-state index contributed by atoms with van der Waals surface area (Å²) in [5.74, 6) is -0.582. The van der Waals surface area contributed by atoms with Gasteiger partial charge in [0.05, 0.1) is 18.9 Å². The number of anilines is 1. The van der Waals surface area contributed by atoms with E-state index in [9.17, 15) is 13.6 Å². The topological polar surface area (TPSA) is 47.6 Å². The molecule has 2 aromatic carbocycles. The van der Waals surface area contributed by atoms with Gasteiger partial charge in [-0.3, -0.25) is 4.79 Å². The van der Waals surface area contributed by atoms with Gasteiger partial charge in [-0.15, -0.1) is 0 Å². The van der Waals surface area contributed by atoms with Crippen molar-refractivity contribution in [2.75, 3.05) is 18.5 Å². The zero-order valence-electron chi connectivity index (χ0n) is 13.4. The van der Waals surface area contributed by atoms with E-state index >= 15 is 0 Å². The Bertz CT molecular complexity index is 692. The molecule has 1 amide bonds. The average molecular weight is 335 g/mol. The fourth-order valence-corrected chi connectivity index (χ4v) is 2.06. The number of nitrogens with one attached hydrogen (secondary N) is 1. The van der Waals surface area contributed by atoms with Gasteiger partial charge in [-0.1, -0.05) is 12.1 Å². The van der Waals surface area contributed by atoms with Crippen LogP contribution in [0.2, 0.25) is 0 Å². The normalized spacial score (nSPS) is 10.3. The highest BCUT2D eigenvalue weighted by atomic mass is 19.1. The SMILES string of the molecule is CCOc1ccccc1OCCCC(=O)Nc1ccc(F)cc1F. The Hall–Kier alpha value is -2.63. The molecule has 0 saturated carbocycles. The summed E-state index contributed by atoms with van der Waals surface area (Å²) >= 11 is 0. The molecule has 0 spiro atoms. The Labute approximate surface area is 139 Å². The molecule has 0 heterocycles. The summed E-state index contributed by atoms with van der Waals surface area (Å²) in [6, 6.07) is 10.3. The molecule has 128 valence electrons. The minimum Gasteiger partial charge on any atom is -0.490 e. The summed E-state index contributed by atoms with van der Waals surface area (Å²) in [5.41, 5.74) is -0.0380. The van der Waals surface area contributed by atoms with Crippen LogP contribution >= 0.6 is 0 Å². The first-order chi connectivity index (χ1) is 11.6. The van der Waals surface area contributed by atoms with Gasteiger partial charge < -0.3 is 14.8 Å². The van der Waals surface area contributed by atoms with Gasteiger partial charge in [0, 0.05) is 12.5 Å². The number of hydrogen-bond donors (Lipinski definition) is 1. The summed E-state index contributed by atoms with van der Waals surface area (Å²) in [4.78, 5) is 11.8. The molecule has 4 nitrogen and oxygen atoms in total. The van der Waals surface area contributed by atoms with Crippen molar-refractivity contribution in [2.24, 2.45) is 0 Å². The number of benzene rings is 2. The van der Waals surface area contributed by atoms with Crippen LogP contribution < -0.4 is 14.8 Å². The molecule has 1 N–H and O–H groups in total. The average Bonchev–Trinajstić information content (AvgIpc) is 2.56. The zero-order valence-corrected chi connectivity index (χ0v) is 13.4. The molecule has 0 aliphatic carbocycles. The smallest absolute Gasteiger partial charge is 0.224 e. The molecule has 0 aliphatic rings. The van der Waals surface area contributed by atoms with E-state index in [4.69, 9.17) is 9.47 Å². The van der Waals surface area contributed by atoms with E-state index in [1.165, 1.54) is 6.07 Å². The summed E-state index contributed by atoms with van der Waals surface area (Å²) in [7, 11) is 0. The molecule has 2 rings (SSSR count). The lowest BCUT2D eigenvalue weighted by atomic mass is 10.2. The minimum atomic E-state index is -0.801. The van der Waals surface area contributed by atoms with Crippen LogP contribution in [0, 0.1) is 11.6 Å². The van der Waals surface area contributed by atoms with Crippen LogP contribution in [0.3, 0.4) is 0 Å². The number of carbonyl (C=O) groups excluding carboxylic acids is 1. The van der Waals surface area contributed by atoms with Gasteiger partial charge in [-0.05, 0) is 37.6 Å². The maximum atomic E-state index is 13.4. The van der Waals surface area contributed by atoms with E-state index in [-0.39, 0.29) is 18.0 Å². The van der Waals surface area contributed by atoms with E-state index < -0.39 is 11.6 Å². The minimum absolute atomic E-state index is 0.0380. The van der Waals surface area contributed by atoms with Crippen LogP contribution in [0.1, 0.15) is 19.8 Å². The molecule has 24 heavy (non-hydrogen) atoms. The number of carbonyl (C=O) groups is 1. The van der Waals surface area contributed by atoms with Crippen molar-refractivity contribution in [3.8, 4) is 11.5 Å². The molecular weight excluding hydrogens is 316 g/mol. The van der Waals surface area contributed by atoms with Crippen LogP contribution in [0.25, 0.3) is 0 Å². The fourth-order valence-electron chi connectivity index (χ4n) is 2.06. The molecular formula is C18H19F2NO3. The summed E-state index contributed by atoms with van der Waals surface area (Å²) in [6.45, 7) is 2.74. The summed E-state index contributed by atoms with van der Waals surface area (Å²) < 4.78 is 37.3. The van der Waals surface area contributed by atoms with Crippen molar-refractivity contribution in [3.63, 3.8) is 0 Å². The van der Waals surface area contributed by atoms with E-state index in [1.807, 2.05) is 25.1 Å². The Morgan fingerprint density at radius 3 is 2.46 bits per heavy atom. The lowest BCUT2D eigenvalue weighted by molar-refractivity contribution is -0.116. The molecule has 0 aliphatic heterocycles. The van der Waals surface area contributed by atoms with Gasteiger partial charge in [-0.25, -0.2) is 8.78 Å². The van der Waals surface area contributed by atoms with Gasteiger partial charge in [0.1, 0.15) is 11.6 Å². The Morgan fingerprint density at radius 2 is 1.79 bits per heavy atom. The summed E-state index contributed by atoms with van der Waals surface area (Å²) in [5, 5.41) is 2.41. The second-order valence-corrected chi connectivity index (χ2v) is 5.00. The maximum absolute atomic E-state index is 13.4. The number of ether oxygens (including phenoxy) is 2. The molecule has 2 aromatic rings. The first-order valence-electron chi connectivity index (χ1n) is 7.69. The van der Waals surface area contributed by atoms with Crippen molar-refractivity contribution in [2.45, 2.75) is 19.8 Å². The van der Waals surface area contributed by atoms with Crippen LogP contribution in [0.4, 0.5) is 14.5 Å². The Balaban J connectivity index is 1.77. The number of para-hydroxylation sites is 2. The van der Waals surface area contributed by atoms with E-state index in [0.717, 1.165) is 12.1 Å². The number of rotatable bonds is 8. The molecule has 0 saturated heterocycles. The molecule has 0 atom stereocenters. The van der Waals surface area contributed by atoms with Gasteiger partial charge in [0.2, 0.25) is 5.91 Å². The van der Waals surface area contributed by atoms with E-state index in [2.05, 4.69) is 5.32 Å². The molecule has 0 radical (unpaired) electrons. The van der Waals surface area contributed by atoms with E-state index in [0.29, 0.717) is 31.1 Å². The highest BCUT2D eigenvalue weighted by Crippen LogP contribution is 2.26. The predicted molar refractivity (Wildman–Crippen MR) is 87.3 cm³/mol. The van der Waals surface area contributed by atoms with Gasteiger partial charge >= 0.3 is 0 Å². The molecule has 0 aromatic heterocycles. The number of hydrogen-bond acceptors (Lipinski definition) is 3. The quantitative estimate of drug-likeness (QED) is 0.737. The third-order valence-corrected chi connectivity index (χ3v) is 3.16. The molecule has 0 bridgehead atoms. The van der Waals surface area contributed by atoms with Crippen molar-refractivity contribution in [3.05, 3.63) is 54.1 Å². The van der Waals surface area contributed by atoms with Crippen LogP contribution in [-0.4, -0.2) is 19.1 Å². The second-order valence-electron chi connectivity index (χ2n) is 5.00. The third-order valence-electron chi connectivity index (χ3n) is 3.16. The highest BCUT2D eigenvalue weighted by Gasteiger charge is 2.08. The van der Waals surface area contributed by atoms with Gasteiger partial charge in [0.15, 0.2) is 11.5 Å². The first kappa shape index (κ1) is 17.7. The van der Waals surface area contributed by atoms with Crippen LogP contribution in [0.15, 0.2) is 42.5 Å². The Morgan fingerprint density at radius 1 is 1.08 bits per heavy atom.